The second kappa shape index (κ2) is 5.78. The van der Waals surface area contributed by atoms with Crippen LogP contribution in [0.15, 0.2) is 12.1 Å². The van der Waals surface area contributed by atoms with Crippen LogP contribution in [0.25, 0.3) is 0 Å². The number of carbonyl (C=O) groups is 1. The Balaban J connectivity index is 2.09. The summed E-state index contributed by atoms with van der Waals surface area (Å²) in [6.07, 6.45) is 2.89. The van der Waals surface area contributed by atoms with Crippen LogP contribution < -0.4 is 5.73 Å². The van der Waals surface area contributed by atoms with Crippen LogP contribution >= 0.6 is 0 Å². The van der Waals surface area contributed by atoms with Crippen molar-refractivity contribution in [2.45, 2.75) is 58.7 Å². The molecule has 0 radical (unpaired) electrons. The van der Waals surface area contributed by atoms with Crippen molar-refractivity contribution in [1.82, 2.24) is 9.47 Å². The molecule has 0 saturated carbocycles. The highest BCUT2D eigenvalue weighted by Crippen LogP contribution is 2.27. The van der Waals surface area contributed by atoms with E-state index in [1.165, 1.54) is 11.4 Å². The first-order valence-electron chi connectivity index (χ1n) is 7.28. The third kappa shape index (κ3) is 2.68. The highest BCUT2D eigenvalue weighted by molar-refractivity contribution is 5.82. The number of hydrogen-bond acceptors (Lipinski definition) is 2. The lowest BCUT2D eigenvalue weighted by Crippen LogP contribution is -2.48. The number of amides is 1. The number of aryl methyl sites for hydroxylation is 1. The molecular formula is C15H25N3O. The molecule has 1 aromatic rings. The average Bonchev–Trinajstić information content (AvgIpc) is 2.78. The van der Waals surface area contributed by atoms with Gasteiger partial charge in [0.2, 0.25) is 5.91 Å². The van der Waals surface area contributed by atoms with Gasteiger partial charge in [0, 0.05) is 24.5 Å². The van der Waals surface area contributed by atoms with Crippen molar-refractivity contribution in [3.63, 3.8) is 0 Å². The van der Waals surface area contributed by atoms with E-state index < -0.39 is 0 Å². The number of nitrogens with two attached hydrogens (primary N) is 1. The molecule has 0 bridgehead atoms. The Labute approximate surface area is 115 Å². The SMILES string of the molecule is CCCC[C@H](N)C(=O)N1CCn2c(C)ccc2C1C. The van der Waals surface area contributed by atoms with Gasteiger partial charge in [-0.3, -0.25) is 4.79 Å². The van der Waals surface area contributed by atoms with Gasteiger partial charge in [-0.05, 0) is 32.4 Å². The molecule has 106 valence electrons. The third-order valence-corrected chi connectivity index (χ3v) is 4.16. The Hall–Kier alpha value is -1.29. The number of fused-ring (bicyclic) bond motifs is 1. The predicted octanol–water partition coefficient (Wildman–Crippen LogP) is 2.22. The van der Waals surface area contributed by atoms with E-state index in [0.717, 1.165) is 32.4 Å². The van der Waals surface area contributed by atoms with Crippen LogP contribution in [0.2, 0.25) is 0 Å². The Bertz CT molecular complexity index is 452. The molecule has 4 heteroatoms. The molecule has 0 aliphatic carbocycles. The van der Waals surface area contributed by atoms with Crippen molar-refractivity contribution >= 4 is 5.91 Å². The second-order valence-corrected chi connectivity index (χ2v) is 5.51. The van der Waals surface area contributed by atoms with E-state index in [-0.39, 0.29) is 18.0 Å². The average molecular weight is 263 g/mol. The van der Waals surface area contributed by atoms with Gasteiger partial charge in [0.15, 0.2) is 0 Å². The van der Waals surface area contributed by atoms with Gasteiger partial charge >= 0.3 is 0 Å². The minimum atomic E-state index is -0.343. The van der Waals surface area contributed by atoms with Crippen molar-refractivity contribution in [3.05, 3.63) is 23.5 Å². The lowest BCUT2D eigenvalue weighted by Gasteiger charge is -2.37. The van der Waals surface area contributed by atoms with E-state index in [0.29, 0.717) is 0 Å². The van der Waals surface area contributed by atoms with Gasteiger partial charge in [0.05, 0.1) is 12.1 Å². The summed E-state index contributed by atoms with van der Waals surface area (Å²) in [6, 6.07) is 4.03. The fourth-order valence-corrected chi connectivity index (χ4v) is 2.88. The summed E-state index contributed by atoms with van der Waals surface area (Å²) in [4.78, 5) is 14.4. The number of hydrogen-bond donors (Lipinski definition) is 1. The molecule has 19 heavy (non-hydrogen) atoms. The molecule has 2 N–H and O–H groups in total. The lowest BCUT2D eigenvalue weighted by molar-refractivity contribution is -0.136. The van der Waals surface area contributed by atoms with Gasteiger partial charge in [-0.1, -0.05) is 19.8 Å². The minimum absolute atomic E-state index is 0.103. The smallest absolute Gasteiger partial charge is 0.240 e. The Kier molecular flexibility index (Phi) is 4.30. The molecule has 2 rings (SSSR count). The first-order chi connectivity index (χ1) is 9.06. The number of aromatic nitrogens is 1. The van der Waals surface area contributed by atoms with Gasteiger partial charge < -0.3 is 15.2 Å². The summed E-state index contributed by atoms with van der Waals surface area (Å²) in [5.41, 5.74) is 8.51. The van der Waals surface area contributed by atoms with Gasteiger partial charge in [0.25, 0.3) is 0 Å². The van der Waals surface area contributed by atoms with Crippen LogP contribution in [-0.4, -0.2) is 28.0 Å². The number of rotatable bonds is 4. The first kappa shape index (κ1) is 14.1. The van der Waals surface area contributed by atoms with E-state index in [1.807, 2.05) is 4.90 Å². The van der Waals surface area contributed by atoms with E-state index in [9.17, 15) is 4.79 Å². The summed E-state index contributed by atoms with van der Waals surface area (Å²) in [6.45, 7) is 7.97. The molecule has 2 heterocycles. The quantitative estimate of drug-likeness (QED) is 0.905. The van der Waals surface area contributed by atoms with Crippen LogP contribution in [-0.2, 0) is 11.3 Å². The van der Waals surface area contributed by atoms with Gasteiger partial charge in [-0.15, -0.1) is 0 Å². The molecule has 1 aliphatic rings. The topological polar surface area (TPSA) is 51.3 Å². The normalized spacial score (nSPS) is 20.2. The first-order valence-corrected chi connectivity index (χ1v) is 7.28. The van der Waals surface area contributed by atoms with Crippen molar-refractivity contribution in [3.8, 4) is 0 Å². The fraction of sp³-hybridized carbons (Fsp3) is 0.667. The van der Waals surface area contributed by atoms with Crippen molar-refractivity contribution < 1.29 is 4.79 Å². The highest BCUT2D eigenvalue weighted by Gasteiger charge is 2.30. The minimum Gasteiger partial charge on any atom is -0.345 e. The van der Waals surface area contributed by atoms with Crippen molar-refractivity contribution in [2.75, 3.05) is 6.54 Å². The lowest BCUT2D eigenvalue weighted by atomic mass is 10.1. The van der Waals surface area contributed by atoms with Crippen LogP contribution in [0.4, 0.5) is 0 Å². The van der Waals surface area contributed by atoms with Gasteiger partial charge in [0.1, 0.15) is 0 Å². The second-order valence-electron chi connectivity index (χ2n) is 5.51. The summed E-state index contributed by atoms with van der Waals surface area (Å²) >= 11 is 0. The molecule has 0 spiro atoms. The molecule has 0 aromatic carbocycles. The van der Waals surface area contributed by atoms with Crippen LogP contribution in [0.3, 0.4) is 0 Å². The maximum Gasteiger partial charge on any atom is 0.240 e. The zero-order valence-corrected chi connectivity index (χ0v) is 12.2. The third-order valence-electron chi connectivity index (χ3n) is 4.16. The van der Waals surface area contributed by atoms with Crippen LogP contribution in [0.1, 0.15) is 50.5 Å². The highest BCUT2D eigenvalue weighted by atomic mass is 16.2. The fourth-order valence-electron chi connectivity index (χ4n) is 2.88. The predicted molar refractivity (Wildman–Crippen MR) is 76.8 cm³/mol. The maximum absolute atomic E-state index is 12.4. The summed E-state index contributed by atoms with van der Waals surface area (Å²) in [5.74, 6) is 0.103. The van der Waals surface area contributed by atoms with Crippen LogP contribution in [0, 0.1) is 6.92 Å². The monoisotopic (exact) mass is 263 g/mol. The number of nitrogens with zero attached hydrogens (tertiary/aromatic N) is 2. The van der Waals surface area contributed by atoms with E-state index in [2.05, 4.69) is 37.5 Å². The summed E-state index contributed by atoms with van der Waals surface area (Å²) in [7, 11) is 0. The zero-order chi connectivity index (χ0) is 14.0. The Morgan fingerprint density at radius 3 is 2.89 bits per heavy atom. The van der Waals surface area contributed by atoms with Gasteiger partial charge in [-0.2, -0.15) is 0 Å². The summed E-state index contributed by atoms with van der Waals surface area (Å²) in [5, 5.41) is 0. The molecule has 0 fully saturated rings. The molecule has 1 unspecified atom stereocenters. The standard InChI is InChI=1S/C15H25N3O/c1-4-5-6-13(16)15(19)18-10-9-17-11(2)7-8-14(17)12(18)3/h7-8,12-13H,4-6,9-10,16H2,1-3H3/t12?,13-/m0/s1. The number of carbonyl (C=O) groups excluding carboxylic acids is 1. The largest absolute Gasteiger partial charge is 0.345 e. The van der Waals surface area contributed by atoms with E-state index in [4.69, 9.17) is 5.73 Å². The number of unbranched alkanes of at least 4 members (excludes halogenated alkanes) is 1. The zero-order valence-electron chi connectivity index (χ0n) is 12.2. The Morgan fingerprint density at radius 2 is 2.21 bits per heavy atom. The Morgan fingerprint density at radius 1 is 1.47 bits per heavy atom. The van der Waals surface area contributed by atoms with Crippen molar-refractivity contribution in [1.29, 1.82) is 0 Å². The summed E-state index contributed by atoms with van der Waals surface area (Å²) < 4.78 is 2.30. The maximum atomic E-state index is 12.4. The molecule has 0 saturated heterocycles. The van der Waals surface area contributed by atoms with Gasteiger partial charge in [-0.25, -0.2) is 0 Å². The van der Waals surface area contributed by atoms with E-state index >= 15 is 0 Å². The molecule has 4 nitrogen and oxygen atoms in total. The molecule has 1 aromatic heterocycles. The molecule has 2 atom stereocenters. The molecular weight excluding hydrogens is 238 g/mol. The molecule has 1 amide bonds. The van der Waals surface area contributed by atoms with Crippen LogP contribution in [0.5, 0.6) is 0 Å². The van der Waals surface area contributed by atoms with Crippen molar-refractivity contribution in [2.24, 2.45) is 5.73 Å². The molecule has 1 aliphatic heterocycles. The van der Waals surface area contributed by atoms with E-state index in [1.54, 1.807) is 0 Å².